The van der Waals surface area contributed by atoms with Gasteiger partial charge in [0.1, 0.15) is 11.3 Å². The van der Waals surface area contributed by atoms with Crippen LogP contribution in [0.3, 0.4) is 0 Å². The van der Waals surface area contributed by atoms with E-state index >= 15 is 0 Å². The molecule has 3 rings (SSSR count). The molecule has 3 nitrogen and oxygen atoms in total. The van der Waals surface area contributed by atoms with Crippen LogP contribution in [0.2, 0.25) is 0 Å². The van der Waals surface area contributed by atoms with Crippen molar-refractivity contribution in [3.63, 3.8) is 0 Å². The Balaban J connectivity index is 2.29. The van der Waals surface area contributed by atoms with E-state index in [1.165, 1.54) is 5.56 Å². The molecule has 0 amide bonds. The summed E-state index contributed by atoms with van der Waals surface area (Å²) in [6.45, 7) is 2.06. The van der Waals surface area contributed by atoms with Crippen molar-refractivity contribution in [1.82, 2.24) is 14.5 Å². The van der Waals surface area contributed by atoms with Crippen LogP contribution < -0.4 is 0 Å². The Kier molecular flexibility index (Phi) is 3.29. The van der Waals surface area contributed by atoms with Gasteiger partial charge in [-0.2, -0.15) is 0 Å². The normalized spacial score (nSPS) is 11.1. The molecule has 0 aliphatic heterocycles. The van der Waals surface area contributed by atoms with Crippen LogP contribution in [0, 0.1) is 6.92 Å². The third kappa shape index (κ3) is 2.26. The van der Waals surface area contributed by atoms with Gasteiger partial charge in [0.25, 0.3) is 0 Å². The second-order valence-corrected chi connectivity index (χ2v) is 5.51. The summed E-state index contributed by atoms with van der Waals surface area (Å²) in [4.78, 5) is 8.97. The van der Waals surface area contributed by atoms with E-state index < -0.39 is 0 Å². The van der Waals surface area contributed by atoms with Crippen LogP contribution >= 0.6 is 27.5 Å². The Morgan fingerprint density at radius 3 is 2.68 bits per heavy atom. The molecule has 2 aromatic heterocycles. The van der Waals surface area contributed by atoms with Crippen LogP contribution in [0.25, 0.3) is 16.9 Å². The number of hydrogen-bond donors (Lipinski definition) is 0. The molecule has 0 atom stereocenters. The number of pyridine rings is 1. The number of aryl methyl sites for hydroxylation is 1. The molecule has 0 saturated carbocycles. The van der Waals surface area contributed by atoms with Gasteiger partial charge in [-0.3, -0.25) is 4.57 Å². The number of hydrogen-bond acceptors (Lipinski definition) is 2. The molecule has 0 spiro atoms. The van der Waals surface area contributed by atoms with E-state index in [-0.39, 0.29) is 0 Å². The molecular weight excluding hydrogens is 326 g/mol. The van der Waals surface area contributed by atoms with Crippen LogP contribution in [0.5, 0.6) is 0 Å². The number of halogens is 2. The zero-order chi connectivity index (χ0) is 13.4. The number of imidazole rings is 1. The van der Waals surface area contributed by atoms with Gasteiger partial charge in [-0.05, 0) is 41.1 Å². The van der Waals surface area contributed by atoms with Gasteiger partial charge in [0.15, 0.2) is 5.65 Å². The van der Waals surface area contributed by atoms with Crippen LogP contribution in [0.1, 0.15) is 11.4 Å². The highest BCUT2D eigenvalue weighted by Crippen LogP contribution is 2.23. The topological polar surface area (TPSA) is 30.7 Å². The van der Waals surface area contributed by atoms with Crippen LogP contribution in [0.15, 0.2) is 41.0 Å². The van der Waals surface area contributed by atoms with E-state index in [0.717, 1.165) is 27.1 Å². The molecule has 3 aromatic rings. The van der Waals surface area contributed by atoms with E-state index in [1.807, 2.05) is 10.6 Å². The highest BCUT2D eigenvalue weighted by Gasteiger charge is 2.12. The minimum Gasteiger partial charge on any atom is -0.280 e. The summed E-state index contributed by atoms with van der Waals surface area (Å²) in [5.41, 5.74) is 3.91. The fraction of sp³-hybridized carbons (Fsp3) is 0.143. The lowest BCUT2D eigenvalue weighted by atomic mass is 10.2. The van der Waals surface area contributed by atoms with E-state index in [0.29, 0.717) is 5.88 Å². The SMILES string of the molecule is Cc1ccc(-n2c(CCl)nc3cc(Br)cnc32)cc1. The zero-order valence-electron chi connectivity index (χ0n) is 10.3. The first-order valence-corrected chi connectivity index (χ1v) is 7.17. The minimum atomic E-state index is 0.349. The molecule has 2 heterocycles. The van der Waals surface area contributed by atoms with E-state index in [1.54, 1.807) is 6.20 Å². The summed E-state index contributed by atoms with van der Waals surface area (Å²) in [6, 6.07) is 10.2. The lowest BCUT2D eigenvalue weighted by Gasteiger charge is -2.07. The van der Waals surface area contributed by atoms with Gasteiger partial charge in [-0.15, -0.1) is 11.6 Å². The molecule has 5 heteroatoms. The van der Waals surface area contributed by atoms with Crippen molar-refractivity contribution in [3.8, 4) is 5.69 Å². The largest absolute Gasteiger partial charge is 0.280 e. The van der Waals surface area contributed by atoms with Crippen LogP contribution in [-0.2, 0) is 5.88 Å². The smallest absolute Gasteiger partial charge is 0.164 e. The fourth-order valence-electron chi connectivity index (χ4n) is 2.04. The third-order valence-electron chi connectivity index (χ3n) is 2.94. The van der Waals surface area contributed by atoms with E-state index in [9.17, 15) is 0 Å². The maximum absolute atomic E-state index is 6.00. The molecule has 0 aliphatic carbocycles. The van der Waals surface area contributed by atoms with Gasteiger partial charge in [0.05, 0.1) is 5.88 Å². The van der Waals surface area contributed by atoms with Gasteiger partial charge in [-0.25, -0.2) is 9.97 Å². The summed E-state index contributed by atoms with van der Waals surface area (Å²) >= 11 is 9.41. The van der Waals surface area contributed by atoms with Gasteiger partial charge in [0.2, 0.25) is 0 Å². The number of fused-ring (bicyclic) bond motifs is 1. The molecule has 0 N–H and O–H groups in total. The van der Waals surface area contributed by atoms with E-state index in [2.05, 4.69) is 57.1 Å². The monoisotopic (exact) mass is 335 g/mol. The average molecular weight is 337 g/mol. The molecule has 96 valence electrons. The van der Waals surface area contributed by atoms with Gasteiger partial charge < -0.3 is 0 Å². The Morgan fingerprint density at radius 2 is 2.00 bits per heavy atom. The lowest BCUT2D eigenvalue weighted by Crippen LogP contribution is -2.00. The first-order valence-electron chi connectivity index (χ1n) is 5.85. The number of nitrogens with zero attached hydrogens (tertiary/aromatic N) is 3. The summed E-state index contributed by atoms with van der Waals surface area (Å²) in [5.74, 6) is 1.15. The van der Waals surface area contributed by atoms with Gasteiger partial charge >= 0.3 is 0 Å². The number of benzene rings is 1. The molecule has 0 bridgehead atoms. The standard InChI is InChI=1S/C14H11BrClN3/c1-9-2-4-11(5-3-9)19-13(7-16)18-12-6-10(15)8-17-14(12)19/h2-6,8H,7H2,1H3. The highest BCUT2D eigenvalue weighted by atomic mass is 79.9. The van der Waals surface area contributed by atoms with Crippen molar-refractivity contribution in [2.45, 2.75) is 12.8 Å². The maximum atomic E-state index is 6.00. The zero-order valence-corrected chi connectivity index (χ0v) is 12.6. The maximum Gasteiger partial charge on any atom is 0.164 e. The number of alkyl halides is 1. The van der Waals surface area contributed by atoms with Gasteiger partial charge in [0, 0.05) is 16.4 Å². The second kappa shape index (κ2) is 4.94. The van der Waals surface area contributed by atoms with Crippen molar-refractivity contribution in [1.29, 1.82) is 0 Å². The van der Waals surface area contributed by atoms with Crippen molar-refractivity contribution >= 4 is 38.7 Å². The Hall–Kier alpha value is -1.39. The molecule has 0 unspecified atom stereocenters. The van der Waals surface area contributed by atoms with Crippen LogP contribution in [-0.4, -0.2) is 14.5 Å². The molecule has 0 saturated heterocycles. The minimum absolute atomic E-state index is 0.349. The summed E-state index contributed by atoms with van der Waals surface area (Å²) in [5, 5.41) is 0. The lowest BCUT2D eigenvalue weighted by molar-refractivity contribution is 0.969. The first kappa shape index (κ1) is 12.6. The number of aromatic nitrogens is 3. The Labute approximate surface area is 124 Å². The fourth-order valence-corrected chi connectivity index (χ4v) is 2.54. The summed E-state index contributed by atoms with van der Waals surface area (Å²) in [7, 11) is 0. The Bertz CT molecular complexity index is 734. The average Bonchev–Trinajstić information content (AvgIpc) is 2.77. The van der Waals surface area contributed by atoms with Crippen molar-refractivity contribution in [2.24, 2.45) is 0 Å². The van der Waals surface area contributed by atoms with E-state index in [4.69, 9.17) is 11.6 Å². The van der Waals surface area contributed by atoms with Crippen molar-refractivity contribution < 1.29 is 0 Å². The predicted octanol–water partition coefficient (Wildman–Crippen LogP) is 4.23. The molecule has 0 aliphatic rings. The molecule has 0 radical (unpaired) electrons. The first-order chi connectivity index (χ1) is 9.19. The molecule has 19 heavy (non-hydrogen) atoms. The second-order valence-electron chi connectivity index (χ2n) is 4.33. The quantitative estimate of drug-likeness (QED) is 0.656. The predicted molar refractivity (Wildman–Crippen MR) is 80.9 cm³/mol. The summed E-state index contributed by atoms with van der Waals surface area (Å²) in [6.07, 6.45) is 1.77. The van der Waals surface area contributed by atoms with Crippen molar-refractivity contribution in [3.05, 3.63) is 52.4 Å². The van der Waals surface area contributed by atoms with Gasteiger partial charge in [-0.1, -0.05) is 17.7 Å². The number of rotatable bonds is 2. The summed E-state index contributed by atoms with van der Waals surface area (Å²) < 4.78 is 2.91. The Morgan fingerprint density at radius 1 is 1.26 bits per heavy atom. The molecule has 1 aromatic carbocycles. The van der Waals surface area contributed by atoms with Crippen molar-refractivity contribution in [2.75, 3.05) is 0 Å². The van der Waals surface area contributed by atoms with Crippen LogP contribution in [0.4, 0.5) is 0 Å². The highest BCUT2D eigenvalue weighted by molar-refractivity contribution is 9.10. The molecular formula is C14H11BrClN3. The molecule has 0 fully saturated rings. The third-order valence-corrected chi connectivity index (χ3v) is 3.62.